The number of likely N-dealkylation sites (N-methyl/N-ethyl adjacent to an activating group) is 1. The second kappa shape index (κ2) is 13.0. The van der Waals surface area contributed by atoms with Gasteiger partial charge in [-0.3, -0.25) is 9.59 Å². The standard InChI is InChI=1S/C26H40FN5O4/c1-5-6-13-36-14-7-12-30-17-23-31(22(25(30)34)15-19(2)3)24(33)18-29(4)32(23)26(35)28-16-20-8-10-21(27)11-9-20/h8-11,19,22-23H,5-7,12-18H2,1-4H3,(H,28,35)/t22-,23-/m0/s1. The van der Waals surface area contributed by atoms with Crippen LogP contribution in [-0.4, -0.2) is 89.8 Å². The fraction of sp³-hybridized carbons (Fsp3) is 0.654. The summed E-state index contributed by atoms with van der Waals surface area (Å²) in [6, 6.07) is 4.95. The molecule has 2 aliphatic rings. The third-order valence-electron chi connectivity index (χ3n) is 6.56. The molecule has 1 aromatic carbocycles. The molecule has 1 aromatic rings. The van der Waals surface area contributed by atoms with Crippen molar-refractivity contribution >= 4 is 17.8 Å². The molecule has 2 saturated heterocycles. The summed E-state index contributed by atoms with van der Waals surface area (Å²) in [5.41, 5.74) is 0.763. The van der Waals surface area contributed by atoms with E-state index in [2.05, 4.69) is 12.2 Å². The van der Waals surface area contributed by atoms with Crippen LogP contribution in [0.4, 0.5) is 9.18 Å². The van der Waals surface area contributed by atoms with Gasteiger partial charge in [0, 0.05) is 33.4 Å². The molecule has 2 fully saturated rings. The van der Waals surface area contributed by atoms with Gasteiger partial charge in [-0.15, -0.1) is 0 Å². The van der Waals surface area contributed by atoms with Gasteiger partial charge in [0.1, 0.15) is 18.0 Å². The van der Waals surface area contributed by atoms with E-state index in [0.717, 1.165) is 18.4 Å². The topological polar surface area (TPSA) is 85.4 Å². The molecule has 0 radical (unpaired) electrons. The van der Waals surface area contributed by atoms with Crippen molar-refractivity contribution < 1.29 is 23.5 Å². The van der Waals surface area contributed by atoms with Gasteiger partial charge in [0.15, 0.2) is 0 Å². The number of hydrogen-bond acceptors (Lipinski definition) is 5. The molecular weight excluding hydrogens is 465 g/mol. The monoisotopic (exact) mass is 505 g/mol. The molecule has 1 N–H and O–H groups in total. The summed E-state index contributed by atoms with van der Waals surface area (Å²) in [6.45, 7) is 8.40. The maximum absolute atomic E-state index is 13.5. The van der Waals surface area contributed by atoms with Crippen molar-refractivity contribution in [2.75, 3.05) is 39.9 Å². The first-order valence-electron chi connectivity index (χ1n) is 12.9. The van der Waals surface area contributed by atoms with Crippen LogP contribution in [0.5, 0.6) is 0 Å². The first-order chi connectivity index (χ1) is 17.2. The van der Waals surface area contributed by atoms with Crippen molar-refractivity contribution in [1.29, 1.82) is 0 Å². The summed E-state index contributed by atoms with van der Waals surface area (Å²) in [5, 5.41) is 6.03. The van der Waals surface area contributed by atoms with Gasteiger partial charge in [0.05, 0.1) is 13.1 Å². The lowest BCUT2D eigenvalue weighted by Gasteiger charge is -2.54. The summed E-state index contributed by atoms with van der Waals surface area (Å²) in [6.07, 6.45) is 2.69. The number of amides is 4. The highest BCUT2D eigenvalue weighted by Gasteiger charge is 2.50. The van der Waals surface area contributed by atoms with E-state index in [9.17, 15) is 18.8 Å². The predicted octanol–water partition coefficient (Wildman–Crippen LogP) is 2.82. The van der Waals surface area contributed by atoms with Crippen molar-refractivity contribution in [3.63, 3.8) is 0 Å². The number of hydrazine groups is 1. The van der Waals surface area contributed by atoms with Crippen LogP contribution in [-0.2, 0) is 20.9 Å². The van der Waals surface area contributed by atoms with Crippen LogP contribution in [0.3, 0.4) is 0 Å². The van der Waals surface area contributed by atoms with Gasteiger partial charge in [-0.05, 0) is 42.9 Å². The minimum atomic E-state index is -0.613. The molecule has 4 amide bonds. The summed E-state index contributed by atoms with van der Waals surface area (Å²) >= 11 is 0. The first-order valence-corrected chi connectivity index (χ1v) is 12.9. The number of piperazine rings is 1. The number of carbonyl (C=O) groups is 3. The zero-order valence-electron chi connectivity index (χ0n) is 21.9. The minimum Gasteiger partial charge on any atom is -0.381 e. The SMILES string of the molecule is CCCCOCCCN1C[C@H]2N(C(=O)CN(C)N2C(=O)NCc2ccc(F)cc2)[C@@H](CC(C)C)C1=O. The highest BCUT2D eigenvalue weighted by Crippen LogP contribution is 2.29. The van der Waals surface area contributed by atoms with Gasteiger partial charge in [-0.25, -0.2) is 19.2 Å². The Hall–Kier alpha value is -2.72. The molecule has 0 bridgehead atoms. The van der Waals surface area contributed by atoms with E-state index in [-0.39, 0.29) is 49.2 Å². The second-order valence-electron chi connectivity index (χ2n) is 9.98. The molecule has 9 nitrogen and oxygen atoms in total. The van der Waals surface area contributed by atoms with Crippen molar-refractivity contribution in [1.82, 2.24) is 25.1 Å². The van der Waals surface area contributed by atoms with Gasteiger partial charge >= 0.3 is 6.03 Å². The number of ether oxygens (including phenoxy) is 1. The Morgan fingerprint density at radius 1 is 1.17 bits per heavy atom. The van der Waals surface area contributed by atoms with Crippen LogP contribution >= 0.6 is 0 Å². The van der Waals surface area contributed by atoms with Gasteiger partial charge in [-0.2, -0.15) is 0 Å². The lowest BCUT2D eigenvalue weighted by Crippen LogP contribution is -2.76. The third-order valence-corrected chi connectivity index (χ3v) is 6.56. The third kappa shape index (κ3) is 6.94. The van der Waals surface area contributed by atoms with Crippen LogP contribution in [0, 0.1) is 11.7 Å². The molecular formula is C26H40FN5O4. The van der Waals surface area contributed by atoms with E-state index in [0.29, 0.717) is 32.6 Å². The van der Waals surface area contributed by atoms with Gasteiger partial charge in [0.25, 0.3) is 0 Å². The highest BCUT2D eigenvalue weighted by molar-refractivity contribution is 5.91. The fourth-order valence-corrected chi connectivity index (χ4v) is 4.75. The normalized spacial score (nSPS) is 20.8. The molecule has 200 valence electrons. The van der Waals surface area contributed by atoms with Gasteiger partial charge in [-0.1, -0.05) is 39.3 Å². The number of rotatable bonds is 11. The molecule has 0 unspecified atom stereocenters. The summed E-state index contributed by atoms with van der Waals surface area (Å²) in [5.74, 6) is -0.372. The number of urea groups is 1. The van der Waals surface area contributed by atoms with E-state index in [4.69, 9.17) is 4.74 Å². The number of benzene rings is 1. The molecule has 10 heteroatoms. The molecule has 2 heterocycles. The van der Waals surface area contributed by atoms with E-state index in [1.807, 2.05) is 13.8 Å². The Bertz CT molecular complexity index is 897. The summed E-state index contributed by atoms with van der Waals surface area (Å²) in [7, 11) is 1.70. The van der Waals surface area contributed by atoms with Crippen LogP contribution in [0.25, 0.3) is 0 Å². The predicted molar refractivity (Wildman–Crippen MR) is 134 cm³/mol. The molecule has 0 aliphatic carbocycles. The highest BCUT2D eigenvalue weighted by atomic mass is 19.1. The molecule has 2 atom stereocenters. The minimum absolute atomic E-state index is 0.00755. The van der Waals surface area contributed by atoms with Gasteiger partial charge in [0.2, 0.25) is 11.8 Å². The fourth-order valence-electron chi connectivity index (χ4n) is 4.75. The van der Waals surface area contributed by atoms with Crippen LogP contribution in [0.2, 0.25) is 0 Å². The van der Waals surface area contributed by atoms with Crippen molar-refractivity contribution in [2.45, 2.75) is 65.2 Å². The quantitative estimate of drug-likeness (QED) is 0.468. The zero-order valence-corrected chi connectivity index (χ0v) is 21.9. The zero-order chi connectivity index (χ0) is 26.2. The van der Waals surface area contributed by atoms with Crippen LogP contribution < -0.4 is 5.32 Å². The molecule has 36 heavy (non-hydrogen) atoms. The number of unbranched alkanes of at least 4 members (excludes halogenated alkanes) is 1. The Balaban J connectivity index is 1.75. The summed E-state index contributed by atoms with van der Waals surface area (Å²) in [4.78, 5) is 43.3. The number of fused-ring (bicyclic) bond motifs is 1. The second-order valence-corrected chi connectivity index (χ2v) is 9.98. The number of nitrogens with one attached hydrogen (secondary N) is 1. The van der Waals surface area contributed by atoms with Crippen LogP contribution in [0.1, 0.15) is 52.0 Å². The lowest BCUT2D eigenvalue weighted by atomic mass is 9.97. The number of carbonyl (C=O) groups excluding carboxylic acids is 3. The number of hydrogen-bond donors (Lipinski definition) is 1. The molecule has 2 aliphatic heterocycles. The lowest BCUT2D eigenvalue weighted by molar-refractivity contribution is -0.188. The maximum Gasteiger partial charge on any atom is 0.334 e. The average molecular weight is 506 g/mol. The van der Waals surface area contributed by atoms with E-state index < -0.39 is 12.2 Å². The molecule has 0 aromatic heterocycles. The Kier molecular flexibility index (Phi) is 10.1. The number of nitrogens with zero attached hydrogens (tertiary/aromatic N) is 4. The van der Waals surface area contributed by atoms with Gasteiger partial charge < -0.3 is 19.9 Å². The smallest absolute Gasteiger partial charge is 0.334 e. The van der Waals surface area contributed by atoms with Crippen molar-refractivity contribution in [2.24, 2.45) is 5.92 Å². The van der Waals surface area contributed by atoms with Crippen molar-refractivity contribution in [3.05, 3.63) is 35.6 Å². The van der Waals surface area contributed by atoms with E-state index in [1.165, 1.54) is 17.1 Å². The first kappa shape index (κ1) is 27.9. The Morgan fingerprint density at radius 2 is 1.86 bits per heavy atom. The maximum atomic E-state index is 13.5. The summed E-state index contributed by atoms with van der Waals surface area (Å²) < 4.78 is 18.9. The molecule has 0 spiro atoms. The number of halogens is 1. The van der Waals surface area contributed by atoms with E-state index >= 15 is 0 Å². The van der Waals surface area contributed by atoms with E-state index in [1.54, 1.807) is 34.0 Å². The molecule has 0 saturated carbocycles. The Labute approximate surface area is 213 Å². The Morgan fingerprint density at radius 3 is 2.53 bits per heavy atom. The van der Waals surface area contributed by atoms with Crippen molar-refractivity contribution in [3.8, 4) is 0 Å². The average Bonchev–Trinajstić information content (AvgIpc) is 2.82. The largest absolute Gasteiger partial charge is 0.381 e. The van der Waals surface area contributed by atoms with Crippen LogP contribution in [0.15, 0.2) is 24.3 Å². The molecule has 3 rings (SSSR count).